The van der Waals surface area contributed by atoms with Crippen LogP contribution in [0.5, 0.6) is 5.75 Å². The van der Waals surface area contributed by atoms with E-state index in [1.807, 2.05) is 13.8 Å². The number of hydrazine groups is 1. The van der Waals surface area contributed by atoms with Crippen molar-refractivity contribution in [3.8, 4) is 5.75 Å². The number of benzene rings is 1. The van der Waals surface area contributed by atoms with Crippen LogP contribution in [0, 0.1) is 13.8 Å². The molecule has 1 aromatic carbocycles. The Balaban J connectivity index is 1.57. The number of nitrogens with zero attached hydrogens (tertiary/aromatic N) is 1. The van der Waals surface area contributed by atoms with Crippen LogP contribution in [0.3, 0.4) is 0 Å². The smallest absolute Gasteiger partial charge is 0.333 e. The molecule has 0 unspecified atom stereocenters. The lowest BCUT2D eigenvalue weighted by atomic mass is 10.2. The number of nitrogens with one attached hydrogen (secondary N) is 3. The van der Waals surface area contributed by atoms with Gasteiger partial charge in [0, 0.05) is 6.04 Å². The van der Waals surface area contributed by atoms with Crippen molar-refractivity contribution in [2.24, 2.45) is 0 Å². The average Bonchev–Trinajstić information content (AvgIpc) is 3.28. The number of hydrogen-bond donors (Lipinski definition) is 3. The second-order valence-electron chi connectivity index (χ2n) is 6.62. The number of carbonyl (C=O) groups excluding carboxylic acids is 2. The molecule has 1 aliphatic carbocycles. The van der Waals surface area contributed by atoms with Crippen molar-refractivity contribution in [3.63, 3.8) is 0 Å². The van der Waals surface area contributed by atoms with Crippen LogP contribution in [0.1, 0.15) is 53.1 Å². The van der Waals surface area contributed by atoms with Gasteiger partial charge >= 0.3 is 6.03 Å². The zero-order chi connectivity index (χ0) is 19.2. The molecule has 3 N–H and O–H groups in total. The first-order valence-electron chi connectivity index (χ1n) is 9.05. The Morgan fingerprint density at radius 1 is 1.19 bits per heavy atom. The summed E-state index contributed by atoms with van der Waals surface area (Å²) in [5.41, 5.74) is 6.73. The molecule has 144 valence electrons. The molecule has 0 spiro atoms. The molecule has 8 nitrogen and oxygen atoms in total. The van der Waals surface area contributed by atoms with Gasteiger partial charge in [0.1, 0.15) is 18.1 Å². The van der Waals surface area contributed by atoms with Crippen LogP contribution in [0.15, 0.2) is 28.8 Å². The maximum atomic E-state index is 12.4. The Hall–Kier alpha value is -3.03. The van der Waals surface area contributed by atoms with Crippen molar-refractivity contribution >= 4 is 11.9 Å². The molecule has 8 heteroatoms. The van der Waals surface area contributed by atoms with E-state index in [1.54, 1.807) is 24.3 Å². The Morgan fingerprint density at radius 2 is 1.93 bits per heavy atom. The fourth-order valence-electron chi connectivity index (χ4n) is 3.11. The minimum Gasteiger partial charge on any atom is -0.488 e. The lowest BCUT2D eigenvalue weighted by molar-refractivity contribution is 0.0931. The van der Waals surface area contributed by atoms with E-state index in [1.165, 1.54) is 0 Å². The third kappa shape index (κ3) is 4.78. The highest BCUT2D eigenvalue weighted by atomic mass is 16.5. The Bertz CT molecular complexity index is 792. The van der Waals surface area contributed by atoms with Gasteiger partial charge in [-0.1, -0.05) is 30.1 Å². The molecular weight excluding hydrogens is 348 g/mol. The van der Waals surface area contributed by atoms with Crippen molar-refractivity contribution in [1.82, 2.24) is 21.3 Å². The molecule has 0 aliphatic heterocycles. The third-order valence-corrected chi connectivity index (χ3v) is 4.66. The fraction of sp³-hybridized carbons (Fsp3) is 0.421. The number of amides is 3. The number of rotatable bonds is 5. The van der Waals surface area contributed by atoms with Gasteiger partial charge in [-0.25, -0.2) is 10.2 Å². The van der Waals surface area contributed by atoms with E-state index < -0.39 is 11.9 Å². The summed E-state index contributed by atoms with van der Waals surface area (Å²) in [6.07, 6.45) is 4.18. The van der Waals surface area contributed by atoms with Gasteiger partial charge in [-0.3, -0.25) is 10.2 Å². The predicted molar refractivity (Wildman–Crippen MR) is 98.1 cm³/mol. The molecule has 1 aromatic heterocycles. The van der Waals surface area contributed by atoms with Gasteiger partial charge in [-0.2, -0.15) is 0 Å². The Labute approximate surface area is 157 Å². The molecule has 27 heavy (non-hydrogen) atoms. The van der Waals surface area contributed by atoms with Crippen LogP contribution in [0.2, 0.25) is 0 Å². The van der Waals surface area contributed by atoms with Crippen LogP contribution in [0.25, 0.3) is 0 Å². The average molecular weight is 372 g/mol. The van der Waals surface area contributed by atoms with Crippen molar-refractivity contribution in [2.75, 3.05) is 0 Å². The highest BCUT2D eigenvalue weighted by molar-refractivity contribution is 5.97. The second kappa shape index (κ2) is 8.57. The number of aryl methyl sites for hydroxylation is 2. The van der Waals surface area contributed by atoms with Gasteiger partial charge in [-0.05, 0) is 38.8 Å². The van der Waals surface area contributed by atoms with Gasteiger partial charge in [0.2, 0.25) is 0 Å². The first-order chi connectivity index (χ1) is 13.0. The molecule has 0 saturated heterocycles. The zero-order valence-electron chi connectivity index (χ0n) is 15.5. The molecule has 2 aromatic rings. The minimum atomic E-state index is -0.453. The molecule has 0 bridgehead atoms. The van der Waals surface area contributed by atoms with Crippen molar-refractivity contribution < 1.29 is 18.8 Å². The summed E-state index contributed by atoms with van der Waals surface area (Å²) in [6.45, 7) is 3.88. The monoisotopic (exact) mass is 372 g/mol. The fourth-order valence-corrected chi connectivity index (χ4v) is 3.11. The van der Waals surface area contributed by atoms with Gasteiger partial charge in [0.15, 0.2) is 0 Å². The number of para-hydroxylation sites is 1. The van der Waals surface area contributed by atoms with E-state index in [2.05, 4.69) is 21.3 Å². The summed E-state index contributed by atoms with van der Waals surface area (Å²) in [4.78, 5) is 24.3. The highest BCUT2D eigenvalue weighted by Crippen LogP contribution is 2.21. The lowest BCUT2D eigenvalue weighted by Crippen LogP contribution is -2.49. The Morgan fingerprint density at radius 3 is 2.63 bits per heavy atom. The Kier molecular flexibility index (Phi) is 5.95. The van der Waals surface area contributed by atoms with Crippen molar-refractivity contribution in [2.45, 2.75) is 52.2 Å². The largest absolute Gasteiger partial charge is 0.488 e. The quantitative estimate of drug-likeness (QED) is 0.700. The van der Waals surface area contributed by atoms with Gasteiger partial charge in [-0.15, -0.1) is 0 Å². The number of urea groups is 1. The van der Waals surface area contributed by atoms with Gasteiger partial charge in [0.25, 0.3) is 5.91 Å². The standard InChI is InChI=1S/C19H24N4O4/c1-12-16(13(2)27-23-12)11-26-17-10-6-5-9-15(17)18(24)21-22-19(25)20-14-7-3-4-8-14/h5-6,9-10,14H,3-4,7-8,11H2,1-2H3,(H,21,24)(H2,20,22,25). The van der Waals surface area contributed by atoms with Crippen LogP contribution >= 0.6 is 0 Å². The summed E-state index contributed by atoms with van der Waals surface area (Å²) in [5, 5.41) is 6.73. The summed E-state index contributed by atoms with van der Waals surface area (Å²) in [5.74, 6) is 0.638. The summed E-state index contributed by atoms with van der Waals surface area (Å²) in [7, 11) is 0. The molecule has 1 heterocycles. The normalized spacial score (nSPS) is 14.0. The number of ether oxygens (including phenoxy) is 1. The van der Waals surface area contributed by atoms with Crippen LogP contribution in [-0.4, -0.2) is 23.1 Å². The lowest BCUT2D eigenvalue weighted by Gasteiger charge is -2.15. The first-order valence-corrected chi connectivity index (χ1v) is 9.05. The molecular formula is C19H24N4O4. The van der Waals surface area contributed by atoms with E-state index in [-0.39, 0.29) is 12.6 Å². The van der Waals surface area contributed by atoms with Crippen LogP contribution in [-0.2, 0) is 6.61 Å². The summed E-state index contributed by atoms with van der Waals surface area (Å²) in [6, 6.07) is 6.60. The van der Waals surface area contributed by atoms with Crippen LogP contribution < -0.4 is 20.9 Å². The van der Waals surface area contributed by atoms with Crippen molar-refractivity contribution in [3.05, 3.63) is 46.8 Å². The molecule has 0 atom stereocenters. The molecule has 3 rings (SSSR count). The van der Waals surface area contributed by atoms with E-state index in [0.29, 0.717) is 17.1 Å². The maximum absolute atomic E-state index is 12.4. The summed E-state index contributed by atoms with van der Waals surface area (Å²) < 4.78 is 10.9. The SMILES string of the molecule is Cc1noc(C)c1COc1ccccc1C(=O)NNC(=O)NC1CCCC1. The molecule has 1 saturated carbocycles. The second-order valence-corrected chi connectivity index (χ2v) is 6.62. The minimum absolute atomic E-state index is 0.174. The van der Waals surface area contributed by atoms with E-state index in [9.17, 15) is 9.59 Å². The topological polar surface area (TPSA) is 105 Å². The number of hydrogen-bond acceptors (Lipinski definition) is 5. The van der Waals surface area contributed by atoms with Gasteiger partial charge < -0.3 is 14.6 Å². The van der Waals surface area contributed by atoms with Crippen molar-refractivity contribution in [1.29, 1.82) is 0 Å². The van der Waals surface area contributed by atoms with Gasteiger partial charge in [0.05, 0.1) is 16.8 Å². The highest BCUT2D eigenvalue weighted by Gasteiger charge is 2.18. The van der Waals surface area contributed by atoms with E-state index >= 15 is 0 Å². The molecule has 3 amide bonds. The molecule has 0 radical (unpaired) electrons. The van der Waals surface area contributed by atoms with E-state index in [0.717, 1.165) is 36.9 Å². The predicted octanol–water partition coefficient (Wildman–Crippen LogP) is 2.76. The first kappa shape index (κ1) is 18.8. The number of carbonyl (C=O) groups is 2. The zero-order valence-corrected chi connectivity index (χ0v) is 15.5. The third-order valence-electron chi connectivity index (χ3n) is 4.66. The summed E-state index contributed by atoms with van der Waals surface area (Å²) >= 11 is 0. The van der Waals surface area contributed by atoms with Crippen LogP contribution in [0.4, 0.5) is 4.79 Å². The molecule has 1 fully saturated rings. The van der Waals surface area contributed by atoms with E-state index in [4.69, 9.17) is 9.26 Å². The number of aromatic nitrogens is 1. The molecule has 1 aliphatic rings. The maximum Gasteiger partial charge on any atom is 0.333 e.